The van der Waals surface area contributed by atoms with Gasteiger partial charge < -0.3 is 20.1 Å². The Morgan fingerprint density at radius 1 is 1.39 bits per heavy atom. The van der Waals surface area contributed by atoms with E-state index in [9.17, 15) is 4.79 Å². The van der Waals surface area contributed by atoms with Crippen molar-refractivity contribution in [2.45, 2.75) is 6.42 Å². The Hall–Kier alpha value is -3.18. The molecule has 4 rings (SSSR count). The number of guanidine groups is 1. The number of carbonyl (C=O) groups is 1. The number of nitrogens with two attached hydrogens (primary N) is 1. The number of nitrogen functional groups attached to an aromatic ring is 1. The largest absolute Gasteiger partial charge is 0.491 e. The monoisotopic (exact) mass is 443 g/mol. The molecule has 1 aromatic heterocycles. The Morgan fingerprint density at radius 2 is 2.23 bits per heavy atom. The van der Waals surface area contributed by atoms with Gasteiger partial charge in [-0.2, -0.15) is 0 Å². The van der Waals surface area contributed by atoms with Crippen molar-refractivity contribution >= 4 is 39.9 Å². The van der Waals surface area contributed by atoms with Crippen molar-refractivity contribution in [2.75, 3.05) is 53.2 Å². The van der Waals surface area contributed by atoms with E-state index in [2.05, 4.69) is 20.2 Å². The summed E-state index contributed by atoms with van der Waals surface area (Å²) in [6, 6.07) is 3.81. The molecular weight excluding hydrogens is 418 g/mol. The Labute approximate surface area is 184 Å². The van der Waals surface area contributed by atoms with Gasteiger partial charge >= 0.3 is 0 Å². The number of fused-ring (bicyclic) bond motifs is 3. The van der Waals surface area contributed by atoms with Crippen molar-refractivity contribution < 1.29 is 14.3 Å². The molecule has 10 nitrogen and oxygen atoms in total. The van der Waals surface area contributed by atoms with Gasteiger partial charge in [0.05, 0.1) is 26.5 Å². The van der Waals surface area contributed by atoms with E-state index >= 15 is 0 Å². The van der Waals surface area contributed by atoms with E-state index in [0.717, 1.165) is 35.7 Å². The lowest BCUT2D eigenvalue weighted by atomic mass is 10.1. The standard InChI is InChI=1S/C20H25N7O3S/c1-26(2)8-4-10-30-13-6-5-12-15(16(13)29-3)24-20(27-9-7-22-17(12)27)25-18(28)14-11-23-19(21)31-14/h5-6,11H,4,7-10H2,1-3H3,(H2,21,23)(H,24,25,28). The molecule has 0 atom stereocenters. The van der Waals surface area contributed by atoms with E-state index in [0.29, 0.717) is 52.9 Å². The SMILES string of the molecule is COc1c(OCCCN(C)C)ccc2c1N=C(NC(=O)c1cnc(N)s1)N1CCN=C21. The summed E-state index contributed by atoms with van der Waals surface area (Å²) in [5, 5.41) is 3.20. The van der Waals surface area contributed by atoms with Crippen molar-refractivity contribution in [3.05, 3.63) is 28.8 Å². The molecule has 11 heteroatoms. The molecule has 1 amide bonds. The van der Waals surface area contributed by atoms with Crippen LogP contribution in [0.25, 0.3) is 0 Å². The summed E-state index contributed by atoms with van der Waals surface area (Å²) < 4.78 is 11.6. The summed E-state index contributed by atoms with van der Waals surface area (Å²) in [5.41, 5.74) is 7.08. The summed E-state index contributed by atoms with van der Waals surface area (Å²) in [6.45, 7) is 2.72. The zero-order valence-corrected chi connectivity index (χ0v) is 18.5. The Bertz CT molecular complexity index is 1050. The fourth-order valence-corrected chi connectivity index (χ4v) is 4.00. The second-order valence-corrected chi connectivity index (χ2v) is 8.37. The smallest absolute Gasteiger partial charge is 0.269 e. The highest BCUT2D eigenvalue weighted by Gasteiger charge is 2.33. The van der Waals surface area contributed by atoms with Crippen LogP contribution in [0.3, 0.4) is 0 Å². The fourth-order valence-electron chi connectivity index (χ4n) is 3.42. The highest BCUT2D eigenvalue weighted by Crippen LogP contribution is 2.43. The highest BCUT2D eigenvalue weighted by atomic mass is 32.1. The van der Waals surface area contributed by atoms with Crippen LogP contribution in [-0.4, -0.2) is 79.9 Å². The molecule has 2 aliphatic rings. The van der Waals surface area contributed by atoms with E-state index in [1.807, 2.05) is 31.1 Å². The second-order valence-electron chi connectivity index (χ2n) is 7.31. The van der Waals surface area contributed by atoms with Crippen LogP contribution in [0.15, 0.2) is 28.3 Å². The van der Waals surface area contributed by atoms with Crippen LogP contribution in [0.2, 0.25) is 0 Å². The quantitative estimate of drug-likeness (QED) is 0.624. The molecule has 2 aromatic rings. The Kier molecular flexibility index (Phi) is 6.05. The molecule has 0 fully saturated rings. The number of nitrogens with one attached hydrogen (secondary N) is 1. The molecule has 3 heterocycles. The summed E-state index contributed by atoms with van der Waals surface area (Å²) >= 11 is 1.12. The van der Waals surface area contributed by atoms with Crippen molar-refractivity contribution in [3.63, 3.8) is 0 Å². The number of methoxy groups -OCH3 is 1. The van der Waals surface area contributed by atoms with Crippen LogP contribution in [0.4, 0.5) is 10.8 Å². The molecule has 2 aliphatic heterocycles. The first kappa shape index (κ1) is 21.1. The zero-order chi connectivity index (χ0) is 22.0. The van der Waals surface area contributed by atoms with Crippen LogP contribution in [0, 0.1) is 0 Å². The number of ether oxygens (including phenoxy) is 2. The third kappa shape index (κ3) is 4.32. The van der Waals surface area contributed by atoms with Gasteiger partial charge in [0, 0.05) is 18.7 Å². The number of rotatable bonds is 7. The molecule has 0 saturated heterocycles. The number of hydrogen-bond donors (Lipinski definition) is 2. The number of carbonyl (C=O) groups excluding carboxylic acids is 1. The minimum absolute atomic E-state index is 0.322. The minimum Gasteiger partial charge on any atom is -0.491 e. The lowest BCUT2D eigenvalue weighted by Crippen LogP contribution is -2.47. The summed E-state index contributed by atoms with van der Waals surface area (Å²) in [5.74, 6) is 1.95. The predicted molar refractivity (Wildman–Crippen MR) is 121 cm³/mol. The molecule has 164 valence electrons. The van der Waals surface area contributed by atoms with Crippen LogP contribution in [0.1, 0.15) is 21.7 Å². The van der Waals surface area contributed by atoms with Crippen molar-refractivity contribution in [1.82, 2.24) is 20.1 Å². The van der Waals surface area contributed by atoms with Gasteiger partial charge in [0.1, 0.15) is 16.4 Å². The molecule has 3 N–H and O–H groups in total. The van der Waals surface area contributed by atoms with Crippen molar-refractivity contribution in [1.29, 1.82) is 0 Å². The third-order valence-corrected chi connectivity index (χ3v) is 5.66. The first-order valence-corrected chi connectivity index (χ1v) is 10.7. The fraction of sp³-hybridized carbons (Fsp3) is 0.400. The van der Waals surface area contributed by atoms with Gasteiger partial charge in [-0.1, -0.05) is 11.3 Å². The second kappa shape index (κ2) is 8.90. The topological polar surface area (TPSA) is 118 Å². The van der Waals surface area contributed by atoms with Crippen LogP contribution >= 0.6 is 11.3 Å². The lowest BCUT2D eigenvalue weighted by molar-refractivity contribution is 0.0978. The number of amides is 1. The van der Waals surface area contributed by atoms with Gasteiger partial charge in [-0.05, 0) is 32.6 Å². The van der Waals surface area contributed by atoms with E-state index < -0.39 is 0 Å². The Balaban J connectivity index is 1.63. The average molecular weight is 444 g/mol. The molecular formula is C20H25N7O3S. The van der Waals surface area contributed by atoms with Crippen molar-refractivity contribution in [2.24, 2.45) is 9.98 Å². The van der Waals surface area contributed by atoms with E-state index in [1.54, 1.807) is 7.11 Å². The maximum Gasteiger partial charge on any atom is 0.269 e. The van der Waals surface area contributed by atoms with Gasteiger partial charge in [0.15, 0.2) is 16.6 Å². The molecule has 0 spiro atoms. The van der Waals surface area contributed by atoms with Gasteiger partial charge in [-0.25, -0.2) is 9.98 Å². The summed E-state index contributed by atoms with van der Waals surface area (Å²) in [7, 11) is 5.64. The normalized spacial score (nSPS) is 14.6. The average Bonchev–Trinajstić information content (AvgIpc) is 3.40. The van der Waals surface area contributed by atoms with E-state index in [4.69, 9.17) is 20.2 Å². The number of nitrogens with zero attached hydrogens (tertiary/aromatic N) is 5. The number of thiazole rings is 1. The third-order valence-electron chi connectivity index (χ3n) is 4.83. The first-order chi connectivity index (χ1) is 15.0. The number of aromatic nitrogens is 1. The Morgan fingerprint density at radius 3 is 2.94 bits per heavy atom. The molecule has 0 aliphatic carbocycles. The number of aliphatic imine (C=N–C) groups is 2. The molecule has 0 saturated carbocycles. The van der Waals surface area contributed by atoms with Gasteiger partial charge in [-0.3, -0.25) is 20.0 Å². The highest BCUT2D eigenvalue weighted by molar-refractivity contribution is 7.17. The first-order valence-electron chi connectivity index (χ1n) is 9.90. The number of anilines is 1. The molecule has 0 bridgehead atoms. The van der Waals surface area contributed by atoms with E-state index in [1.165, 1.54) is 6.20 Å². The van der Waals surface area contributed by atoms with Crippen LogP contribution in [0.5, 0.6) is 11.5 Å². The number of amidine groups is 1. The van der Waals surface area contributed by atoms with Gasteiger partial charge in [0.25, 0.3) is 5.91 Å². The lowest BCUT2D eigenvalue weighted by Gasteiger charge is -2.28. The molecule has 31 heavy (non-hydrogen) atoms. The maximum absolute atomic E-state index is 12.7. The minimum atomic E-state index is -0.322. The summed E-state index contributed by atoms with van der Waals surface area (Å²) in [4.78, 5) is 30.3. The predicted octanol–water partition coefficient (Wildman–Crippen LogP) is 1.56. The van der Waals surface area contributed by atoms with Crippen LogP contribution in [-0.2, 0) is 0 Å². The molecule has 0 radical (unpaired) electrons. The number of benzene rings is 1. The maximum atomic E-state index is 12.7. The molecule has 0 unspecified atom stereocenters. The van der Waals surface area contributed by atoms with Gasteiger partial charge in [-0.15, -0.1) is 0 Å². The van der Waals surface area contributed by atoms with Crippen molar-refractivity contribution in [3.8, 4) is 11.5 Å². The number of hydrogen-bond acceptors (Lipinski definition) is 10. The van der Waals surface area contributed by atoms with Gasteiger partial charge in [0.2, 0.25) is 5.96 Å². The molecule has 1 aromatic carbocycles. The summed E-state index contributed by atoms with van der Waals surface area (Å²) in [6.07, 6.45) is 2.34. The van der Waals surface area contributed by atoms with Crippen LogP contribution < -0.4 is 20.5 Å². The zero-order valence-electron chi connectivity index (χ0n) is 17.7. The van der Waals surface area contributed by atoms with E-state index in [-0.39, 0.29) is 5.91 Å².